The number of thioether (sulfide) groups is 1. The molecule has 1 N–H and O–H groups in total. The van der Waals surface area contributed by atoms with E-state index in [0.717, 1.165) is 60.3 Å². The molecule has 6 rings (SSSR count). The highest BCUT2D eigenvalue weighted by molar-refractivity contribution is 8.05. The average Bonchev–Trinajstić information content (AvgIpc) is 3.46. The summed E-state index contributed by atoms with van der Waals surface area (Å²) in [6.07, 6.45) is 4.09. The van der Waals surface area contributed by atoms with Gasteiger partial charge in [0.2, 0.25) is 0 Å². The van der Waals surface area contributed by atoms with Crippen LogP contribution in [0.1, 0.15) is 27.6 Å². The molecule has 1 aliphatic heterocycles. The van der Waals surface area contributed by atoms with Gasteiger partial charge in [-0.3, -0.25) is 9.69 Å². The molecule has 0 saturated carbocycles. The van der Waals surface area contributed by atoms with E-state index in [4.69, 9.17) is 4.74 Å². The zero-order valence-electron chi connectivity index (χ0n) is 20.4. The fourth-order valence-corrected chi connectivity index (χ4v) is 6.37. The minimum absolute atomic E-state index is 0.0150. The van der Waals surface area contributed by atoms with Crippen molar-refractivity contribution in [3.63, 3.8) is 0 Å². The second-order valence-electron chi connectivity index (χ2n) is 9.12. The van der Waals surface area contributed by atoms with Gasteiger partial charge >= 0.3 is 0 Å². The number of hydrogen-bond acceptors (Lipinski definition) is 3. The van der Waals surface area contributed by atoms with Crippen molar-refractivity contribution in [3.05, 3.63) is 112 Å². The lowest BCUT2D eigenvalue weighted by Crippen LogP contribution is -2.27. The first kappa shape index (κ1) is 22.5. The lowest BCUT2D eigenvalue weighted by Gasteiger charge is -2.25. The molecular formula is C31H26N2O2S. The Kier molecular flexibility index (Phi) is 5.57. The van der Waals surface area contributed by atoms with Gasteiger partial charge in [0.25, 0.3) is 5.91 Å². The minimum atomic E-state index is -0.190. The van der Waals surface area contributed by atoms with Crippen LogP contribution in [0, 0.1) is 13.8 Å². The lowest BCUT2D eigenvalue weighted by molar-refractivity contribution is -0.114. The summed E-state index contributed by atoms with van der Waals surface area (Å²) in [5, 5.41) is 3.12. The van der Waals surface area contributed by atoms with Crippen LogP contribution in [0.5, 0.6) is 5.75 Å². The van der Waals surface area contributed by atoms with Crippen molar-refractivity contribution in [2.24, 2.45) is 0 Å². The molecule has 1 fully saturated rings. The molecule has 178 valence electrons. The largest absolute Gasteiger partial charge is 0.497 e. The fraction of sp³-hybridized carbons (Fsp3) is 0.129. The van der Waals surface area contributed by atoms with E-state index in [1.165, 1.54) is 0 Å². The van der Waals surface area contributed by atoms with Crippen molar-refractivity contribution < 1.29 is 9.53 Å². The van der Waals surface area contributed by atoms with Crippen LogP contribution in [0.25, 0.3) is 27.8 Å². The summed E-state index contributed by atoms with van der Waals surface area (Å²) in [5.74, 6) is 0.841. The summed E-state index contributed by atoms with van der Waals surface area (Å²) in [6, 6.07) is 26.7. The summed E-state index contributed by atoms with van der Waals surface area (Å²) < 4.78 is 5.44. The topological polar surface area (TPSA) is 45.3 Å². The first-order chi connectivity index (χ1) is 17.5. The maximum absolute atomic E-state index is 14.1. The van der Waals surface area contributed by atoms with Gasteiger partial charge in [0.1, 0.15) is 11.1 Å². The highest BCUT2D eigenvalue weighted by Crippen LogP contribution is 2.51. The number of aryl methyl sites for hydroxylation is 2. The summed E-state index contributed by atoms with van der Waals surface area (Å²) in [4.78, 5) is 20.2. The van der Waals surface area contributed by atoms with E-state index in [-0.39, 0.29) is 11.3 Å². The van der Waals surface area contributed by atoms with Gasteiger partial charge in [-0.2, -0.15) is 0 Å². The summed E-state index contributed by atoms with van der Waals surface area (Å²) >= 11 is 1.61. The van der Waals surface area contributed by atoms with Crippen molar-refractivity contribution in [1.82, 2.24) is 4.98 Å². The van der Waals surface area contributed by atoms with E-state index in [1.807, 2.05) is 59.6 Å². The summed E-state index contributed by atoms with van der Waals surface area (Å²) in [6.45, 7) is 4.12. The van der Waals surface area contributed by atoms with Crippen LogP contribution < -0.4 is 9.64 Å². The molecule has 2 heterocycles. The maximum Gasteiger partial charge on any atom is 0.266 e. The van der Waals surface area contributed by atoms with Gasteiger partial charge in [-0.05, 0) is 66.3 Å². The van der Waals surface area contributed by atoms with E-state index < -0.39 is 0 Å². The number of ether oxygens (including phenoxy) is 1. The number of carbonyl (C=O) groups excluding carboxylic acids is 1. The maximum atomic E-state index is 14.1. The Bertz CT molecular complexity index is 1640. The molecule has 0 spiro atoms. The molecule has 0 aliphatic carbocycles. The SMILES string of the molecule is COc1cc(C)c(/C=C2\SC(c3c[nH]c4ccccc34)N(c3cccc4ccccc34)C2=O)c(C)c1. The summed E-state index contributed by atoms with van der Waals surface area (Å²) in [7, 11) is 1.68. The van der Waals surface area contributed by atoms with Crippen LogP contribution in [0.15, 0.2) is 90.0 Å². The smallest absolute Gasteiger partial charge is 0.266 e. The van der Waals surface area contributed by atoms with Gasteiger partial charge in [0.05, 0.1) is 17.7 Å². The highest BCUT2D eigenvalue weighted by Gasteiger charge is 2.40. The van der Waals surface area contributed by atoms with Gasteiger partial charge in [-0.1, -0.05) is 66.4 Å². The average molecular weight is 491 g/mol. The number of aromatic nitrogens is 1. The van der Waals surface area contributed by atoms with E-state index >= 15 is 0 Å². The van der Waals surface area contributed by atoms with Crippen LogP contribution in [0.3, 0.4) is 0 Å². The third-order valence-corrected chi connectivity index (χ3v) is 8.13. The molecule has 4 aromatic carbocycles. The second kappa shape index (κ2) is 8.92. The van der Waals surface area contributed by atoms with Crippen LogP contribution in [-0.4, -0.2) is 18.0 Å². The number of rotatable bonds is 4. The van der Waals surface area contributed by atoms with Gasteiger partial charge in [0, 0.05) is 28.0 Å². The van der Waals surface area contributed by atoms with Crippen molar-refractivity contribution in [2.45, 2.75) is 19.2 Å². The molecule has 5 aromatic rings. The van der Waals surface area contributed by atoms with Gasteiger partial charge in [-0.25, -0.2) is 0 Å². The Morgan fingerprint density at radius 1 is 0.917 bits per heavy atom. The quantitative estimate of drug-likeness (QED) is 0.262. The number of nitrogens with one attached hydrogen (secondary N) is 1. The molecular weight excluding hydrogens is 464 g/mol. The predicted octanol–water partition coefficient (Wildman–Crippen LogP) is 7.77. The lowest BCUT2D eigenvalue weighted by atomic mass is 10.0. The molecule has 1 saturated heterocycles. The molecule has 0 bridgehead atoms. The number of para-hydroxylation sites is 1. The molecule has 1 atom stereocenters. The Morgan fingerprint density at radius 3 is 2.39 bits per heavy atom. The normalized spacial score (nSPS) is 17.0. The van der Waals surface area contributed by atoms with E-state index in [9.17, 15) is 4.79 Å². The van der Waals surface area contributed by atoms with Crippen LogP contribution in [-0.2, 0) is 4.79 Å². The standard InChI is InChI=1S/C31H26N2O2S/c1-19-15-22(35-3)16-20(2)25(19)17-29-30(34)33(28-14-8-10-21-9-4-5-11-23(21)28)31(36-29)26-18-32-27-13-7-6-12-24(26)27/h4-18,31-32H,1-3H3/b29-17-. The summed E-state index contributed by atoms with van der Waals surface area (Å²) in [5.41, 5.74) is 6.32. The Balaban J connectivity index is 1.54. The molecule has 1 unspecified atom stereocenters. The second-order valence-corrected chi connectivity index (χ2v) is 10.2. The zero-order valence-corrected chi connectivity index (χ0v) is 21.2. The number of methoxy groups -OCH3 is 1. The number of fused-ring (bicyclic) bond motifs is 2. The number of anilines is 1. The number of amides is 1. The molecule has 1 aliphatic rings. The number of carbonyl (C=O) groups is 1. The van der Waals surface area contributed by atoms with E-state index in [0.29, 0.717) is 0 Å². The van der Waals surface area contributed by atoms with Crippen LogP contribution in [0.2, 0.25) is 0 Å². The van der Waals surface area contributed by atoms with Crippen molar-refractivity contribution in [1.29, 1.82) is 0 Å². The number of H-pyrrole nitrogens is 1. The molecule has 5 heteroatoms. The minimum Gasteiger partial charge on any atom is -0.497 e. The number of nitrogens with zero attached hydrogens (tertiary/aromatic N) is 1. The third-order valence-electron chi connectivity index (χ3n) is 6.89. The van der Waals surface area contributed by atoms with Crippen molar-refractivity contribution in [2.75, 3.05) is 12.0 Å². The Hall–Kier alpha value is -3.96. The number of hydrogen-bond donors (Lipinski definition) is 1. The zero-order chi connectivity index (χ0) is 24.8. The van der Waals surface area contributed by atoms with E-state index in [1.54, 1.807) is 18.9 Å². The highest BCUT2D eigenvalue weighted by atomic mass is 32.2. The molecule has 1 aromatic heterocycles. The van der Waals surface area contributed by atoms with Crippen molar-refractivity contribution in [3.8, 4) is 5.75 Å². The first-order valence-corrected chi connectivity index (χ1v) is 12.8. The molecule has 1 amide bonds. The monoisotopic (exact) mass is 490 g/mol. The first-order valence-electron chi connectivity index (χ1n) is 12.0. The Labute approximate surface area is 214 Å². The van der Waals surface area contributed by atoms with Crippen LogP contribution >= 0.6 is 11.8 Å². The number of aromatic amines is 1. The molecule has 36 heavy (non-hydrogen) atoms. The van der Waals surface area contributed by atoms with Crippen molar-refractivity contribution >= 4 is 51.1 Å². The predicted molar refractivity (Wildman–Crippen MR) is 151 cm³/mol. The molecule has 4 nitrogen and oxygen atoms in total. The van der Waals surface area contributed by atoms with Gasteiger partial charge in [0.15, 0.2) is 0 Å². The van der Waals surface area contributed by atoms with Gasteiger partial charge in [-0.15, -0.1) is 0 Å². The van der Waals surface area contributed by atoms with Gasteiger partial charge < -0.3 is 9.72 Å². The van der Waals surface area contributed by atoms with E-state index in [2.05, 4.69) is 55.2 Å². The third kappa shape index (κ3) is 3.67. The number of benzene rings is 4. The fourth-order valence-electron chi connectivity index (χ4n) is 5.11. The van der Waals surface area contributed by atoms with Crippen LogP contribution in [0.4, 0.5) is 5.69 Å². The molecule has 0 radical (unpaired) electrons. The Morgan fingerprint density at radius 2 is 1.61 bits per heavy atom.